The molecule has 0 amide bonds. The van der Waals surface area contributed by atoms with E-state index in [-0.39, 0.29) is 0 Å². The molecule has 0 spiro atoms. The summed E-state index contributed by atoms with van der Waals surface area (Å²) in [5.41, 5.74) is 2.02. The number of fused-ring (bicyclic) bond motifs is 1. The van der Waals surface area contributed by atoms with E-state index in [0.29, 0.717) is 5.92 Å². The molecular formula is C14H21N5S. The van der Waals surface area contributed by atoms with E-state index in [1.54, 1.807) is 11.8 Å². The number of anilines is 1. The minimum Gasteiger partial charge on any atom is -0.369 e. The summed E-state index contributed by atoms with van der Waals surface area (Å²) in [4.78, 5) is 9.19. The van der Waals surface area contributed by atoms with Gasteiger partial charge in [-0.25, -0.2) is 9.97 Å². The Labute approximate surface area is 123 Å². The van der Waals surface area contributed by atoms with Crippen molar-refractivity contribution in [2.75, 3.05) is 18.1 Å². The van der Waals surface area contributed by atoms with Gasteiger partial charge in [0.25, 0.3) is 0 Å². The zero-order valence-electron chi connectivity index (χ0n) is 12.1. The molecule has 108 valence electrons. The summed E-state index contributed by atoms with van der Waals surface area (Å²) in [5, 5.41) is 13.0. The van der Waals surface area contributed by atoms with Crippen LogP contribution in [0.3, 0.4) is 0 Å². The zero-order chi connectivity index (χ0) is 13.9. The van der Waals surface area contributed by atoms with Crippen LogP contribution >= 0.6 is 11.8 Å². The van der Waals surface area contributed by atoms with Crippen LogP contribution in [0.5, 0.6) is 0 Å². The zero-order valence-corrected chi connectivity index (χ0v) is 12.9. The van der Waals surface area contributed by atoms with Crippen LogP contribution in [-0.2, 0) is 0 Å². The molecule has 0 atom stereocenters. The van der Waals surface area contributed by atoms with Crippen LogP contribution in [-0.4, -0.2) is 33.0 Å². The maximum atomic E-state index is 4.64. The first-order chi connectivity index (χ1) is 9.83. The smallest absolute Gasteiger partial charge is 0.191 e. The standard InChI is InChI=1S/C14H21N5S/c1-3-8-15-12-10-11(9-6-4-5-7-9)18-19-13(10)17-14(16-12)20-2/h9H,3-8H2,1-2H3,(H2,15,16,17,18,19). The summed E-state index contributed by atoms with van der Waals surface area (Å²) in [6.07, 6.45) is 8.16. The summed E-state index contributed by atoms with van der Waals surface area (Å²) in [6.45, 7) is 3.09. The maximum absolute atomic E-state index is 4.64. The molecule has 2 aromatic rings. The topological polar surface area (TPSA) is 66.5 Å². The van der Waals surface area contributed by atoms with Gasteiger partial charge in [0.1, 0.15) is 5.82 Å². The Bertz CT molecular complexity index is 589. The Morgan fingerprint density at radius 3 is 2.80 bits per heavy atom. The van der Waals surface area contributed by atoms with E-state index in [1.807, 2.05) is 6.26 Å². The molecule has 6 heteroatoms. The third-order valence-electron chi connectivity index (χ3n) is 3.89. The fourth-order valence-corrected chi connectivity index (χ4v) is 3.26. The Morgan fingerprint density at radius 1 is 1.30 bits per heavy atom. The van der Waals surface area contributed by atoms with E-state index in [4.69, 9.17) is 0 Å². The lowest BCUT2D eigenvalue weighted by atomic mass is 10.0. The van der Waals surface area contributed by atoms with E-state index in [9.17, 15) is 0 Å². The average Bonchev–Trinajstić information content (AvgIpc) is 3.12. The number of hydrogen-bond acceptors (Lipinski definition) is 5. The molecule has 0 unspecified atom stereocenters. The number of nitrogens with one attached hydrogen (secondary N) is 2. The van der Waals surface area contributed by atoms with Crippen LogP contribution in [0.4, 0.5) is 5.82 Å². The largest absolute Gasteiger partial charge is 0.369 e. The summed E-state index contributed by atoms with van der Waals surface area (Å²) in [5.74, 6) is 1.51. The quantitative estimate of drug-likeness (QED) is 0.651. The van der Waals surface area contributed by atoms with Gasteiger partial charge in [-0.1, -0.05) is 31.5 Å². The second kappa shape index (κ2) is 5.99. The third kappa shape index (κ3) is 2.49. The van der Waals surface area contributed by atoms with Crippen LogP contribution in [0.1, 0.15) is 50.6 Å². The molecule has 2 N–H and O–H groups in total. The van der Waals surface area contributed by atoms with Crippen LogP contribution < -0.4 is 5.32 Å². The molecule has 0 saturated heterocycles. The molecule has 1 fully saturated rings. The van der Waals surface area contributed by atoms with Gasteiger partial charge in [0, 0.05) is 12.5 Å². The minimum absolute atomic E-state index is 0.564. The van der Waals surface area contributed by atoms with Crippen LogP contribution in [0.15, 0.2) is 5.16 Å². The Kier molecular flexibility index (Phi) is 4.10. The Hall–Kier alpha value is -1.30. The summed E-state index contributed by atoms with van der Waals surface area (Å²) in [7, 11) is 0. The first-order valence-corrected chi connectivity index (χ1v) is 8.59. The van der Waals surface area contributed by atoms with Crippen molar-refractivity contribution in [1.29, 1.82) is 0 Å². The first-order valence-electron chi connectivity index (χ1n) is 7.37. The molecule has 0 radical (unpaired) electrons. The van der Waals surface area contributed by atoms with Gasteiger partial charge in [0.15, 0.2) is 10.8 Å². The van der Waals surface area contributed by atoms with E-state index < -0.39 is 0 Å². The van der Waals surface area contributed by atoms with Crippen LogP contribution in [0, 0.1) is 0 Å². The summed E-state index contributed by atoms with van der Waals surface area (Å²) < 4.78 is 0. The number of hydrogen-bond donors (Lipinski definition) is 2. The van der Waals surface area contributed by atoms with Crippen molar-refractivity contribution in [3.8, 4) is 0 Å². The van der Waals surface area contributed by atoms with Gasteiger partial charge in [0.05, 0.1) is 11.1 Å². The minimum atomic E-state index is 0.564. The van der Waals surface area contributed by atoms with Gasteiger partial charge in [-0.2, -0.15) is 5.10 Å². The monoisotopic (exact) mass is 291 g/mol. The highest BCUT2D eigenvalue weighted by Gasteiger charge is 2.24. The summed E-state index contributed by atoms with van der Waals surface area (Å²) in [6, 6.07) is 0. The second-order valence-electron chi connectivity index (χ2n) is 5.30. The van der Waals surface area contributed by atoms with E-state index in [1.165, 1.54) is 25.7 Å². The average molecular weight is 291 g/mol. The molecule has 20 heavy (non-hydrogen) atoms. The SMILES string of the molecule is CCCNc1nc(SC)nc2[nH]nc(C3CCCC3)c12. The van der Waals surface area contributed by atoms with Crippen molar-refractivity contribution < 1.29 is 0 Å². The lowest BCUT2D eigenvalue weighted by molar-refractivity contribution is 0.698. The van der Waals surface area contributed by atoms with Gasteiger partial charge in [0.2, 0.25) is 0 Å². The van der Waals surface area contributed by atoms with Gasteiger partial charge >= 0.3 is 0 Å². The van der Waals surface area contributed by atoms with Crippen molar-refractivity contribution in [3.63, 3.8) is 0 Å². The molecule has 0 bridgehead atoms. The first kappa shape index (κ1) is 13.7. The number of aromatic amines is 1. The molecule has 1 saturated carbocycles. The van der Waals surface area contributed by atoms with Gasteiger partial charge in [-0.15, -0.1) is 0 Å². The van der Waals surface area contributed by atoms with Crippen LogP contribution in [0.25, 0.3) is 11.0 Å². The third-order valence-corrected chi connectivity index (χ3v) is 4.44. The Balaban J connectivity index is 2.07. The van der Waals surface area contributed by atoms with Crippen molar-refractivity contribution in [2.24, 2.45) is 0 Å². The molecule has 0 aromatic carbocycles. The van der Waals surface area contributed by atoms with Crippen molar-refractivity contribution >= 4 is 28.6 Å². The van der Waals surface area contributed by atoms with E-state index in [0.717, 1.165) is 40.7 Å². The van der Waals surface area contributed by atoms with Crippen molar-refractivity contribution in [3.05, 3.63) is 5.69 Å². The maximum Gasteiger partial charge on any atom is 0.191 e. The number of nitrogens with zero attached hydrogens (tertiary/aromatic N) is 3. The van der Waals surface area contributed by atoms with Crippen molar-refractivity contribution in [2.45, 2.75) is 50.1 Å². The Morgan fingerprint density at radius 2 is 2.10 bits per heavy atom. The number of H-pyrrole nitrogens is 1. The fourth-order valence-electron chi connectivity index (χ4n) is 2.89. The van der Waals surface area contributed by atoms with Crippen LogP contribution in [0.2, 0.25) is 0 Å². The predicted octanol–water partition coefficient (Wildman–Crippen LogP) is 3.55. The van der Waals surface area contributed by atoms with Gasteiger partial charge in [-0.3, -0.25) is 5.10 Å². The van der Waals surface area contributed by atoms with E-state index in [2.05, 4.69) is 32.4 Å². The fraction of sp³-hybridized carbons (Fsp3) is 0.643. The molecule has 3 rings (SSSR count). The van der Waals surface area contributed by atoms with Gasteiger partial charge < -0.3 is 5.32 Å². The molecule has 1 aliphatic rings. The number of thioether (sulfide) groups is 1. The lowest BCUT2D eigenvalue weighted by Gasteiger charge is -2.10. The highest BCUT2D eigenvalue weighted by molar-refractivity contribution is 7.98. The molecular weight excluding hydrogens is 270 g/mol. The lowest BCUT2D eigenvalue weighted by Crippen LogP contribution is -2.05. The molecule has 0 aliphatic heterocycles. The molecule has 1 aliphatic carbocycles. The normalized spacial score (nSPS) is 16.1. The molecule has 2 aromatic heterocycles. The molecule has 2 heterocycles. The van der Waals surface area contributed by atoms with Gasteiger partial charge in [-0.05, 0) is 25.5 Å². The summed E-state index contributed by atoms with van der Waals surface area (Å²) >= 11 is 1.56. The van der Waals surface area contributed by atoms with Crippen molar-refractivity contribution in [1.82, 2.24) is 20.2 Å². The molecule has 5 nitrogen and oxygen atoms in total. The highest BCUT2D eigenvalue weighted by Crippen LogP contribution is 2.38. The predicted molar refractivity (Wildman–Crippen MR) is 83.5 cm³/mol. The highest BCUT2D eigenvalue weighted by atomic mass is 32.2. The second-order valence-corrected chi connectivity index (χ2v) is 6.07. The number of aromatic nitrogens is 4. The van der Waals surface area contributed by atoms with E-state index >= 15 is 0 Å². The number of rotatable bonds is 5.